The number of aromatic nitrogens is 2. The zero-order chi connectivity index (χ0) is 42.0. The van der Waals surface area contributed by atoms with Crippen LogP contribution in [-0.2, 0) is 6.18 Å². The molecular weight excluding hydrogens is 764 g/mol. The summed E-state index contributed by atoms with van der Waals surface area (Å²) in [5.41, 5.74) is 8.80. The normalized spacial score (nSPS) is 11.6. The molecule has 0 amide bonds. The van der Waals surface area contributed by atoms with Gasteiger partial charge >= 0.3 is 6.18 Å². The van der Waals surface area contributed by atoms with E-state index in [2.05, 4.69) is 29.1 Å². The lowest BCUT2D eigenvalue weighted by Crippen LogP contribution is -2.10. The Hall–Kier alpha value is -8.38. The molecule has 0 unspecified atom stereocenters. The number of benzene rings is 8. The monoisotopic (exact) mass is 793 g/mol. The lowest BCUT2D eigenvalue weighted by Gasteiger charge is -2.21. The van der Waals surface area contributed by atoms with Gasteiger partial charge in [-0.05, 0) is 119 Å². The van der Waals surface area contributed by atoms with Gasteiger partial charge in [0.05, 0.1) is 57.2 Å². The van der Waals surface area contributed by atoms with Crippen LogP contribution in [0.1, 0.15) is 22.3 Å². The lowest BCUT2D eigenvalue weighted by molar-refractivity contribution is -0.137. The molecule has 0 bridgehead atoms. The minimum Gasteiger partial charge on any atom is -0.308 e. The summed E-state index contributed by atoms with van der Waals surface area (Å²) in [6, 6.07) is 54.8. The van der Waals surface area contributed by atoms with Crippen molar-refractivity contribution in [3.05, 3.63) is 197 Å². The summed E-state index contributed by atoms with van der Waals surface area (Å²) in [6.45, 7) is 9.23. The number of hydrogen-bond donors (Lipinski definition) is 0. The summed E-state index contributed by atoms with van der Waals surface area (Å²) in [7, 11) is 0. The number of nitriles is 2. The summed E-state index contributed by atoms with van der Waals surface area (Å²) in [5.74, 6) is 0. The molecule has 0 saturated heterocycles. The predicted molar refractivity (Wildman–Crippen MR) is 237 cm³/mol. The Kier molecular flexibility index (Phi) is 8.58. The number of halogens is 3. The van der Waals surface area contributed by atoms with Gasteiger partial charge in [-0.3, -0.25) is 0 Å². The summed E-state index contributed by atoms with van der Waals surface area (Å²) in [6.07, 6.45) is -4.66. The Morgan fingerprint density at radius 3 is 1.59 bits per heavy atom. The van der Waals surface area contributed by atoms with E-state index in [1.807, 2.05) is 118 Å². The van der Waals surface area contributed by atoms with Crippen LogP contribution in [0.3, 0.4) is 0 Å². The lowest BCUT2D eigenvalue weighted by atomic mass is 9.92. The fourth-order valence-corrected chi connectivity index (χ4v) is 8.86. The largest absolute Gasteiger partial charge is 0.417 e. The number of fused-ring (bicyclic) bond motifs is 6. The Morgan fingerprint density at radius 2 is 1.03 bits per heavy atom. The first-order valence-electron chi connectivity index (χ1n) is 19.5. The molecule has 0 aliphatic carbocycles. The zero-order valence-electron chi connectivity index (χ0n) is 32.5. The van der Waals surface area contributed by atoms with Crippen LogP contribution in [0, 0.1) is 36.2 Å². The van der Waals surface area contributed by atoms with Gasteiger partial charge in [0.1, 0.15) is 11.6 Å². The molecule has 2 aromatic heterocycles. The van der Waals surface area contributed by atoms with Crippen LogP contribution in [0.4, 0.5) is 18.9 Å². The van der Waals surface area contributed by atoms with Crippen LogP contribution in [-0.4, -0.2) is 9.13 Å². The molecule has 8 aromatic carbocycles. The number of para-hydroxylation sites is 2. The molecule has 288 valence electrons. The van der Waals surface area contributed by atoms with Crippen molar-refractivity contribution in [1.29, 1.82) is 10.5 Å². The van der Waals surface area contributed by atoms with E-state index in [1.165, 1.54) is 6.07 Å². The highest BCUT2D eigenvalue weighted by atomic mass is 19.4. The Morgan fingerprint density at radius 1 is 0.508 bits per heavy atom. The first-order valence-corrected chi connectivity index (χ1v) is 19.5. The first kappa shape index (κ1) is 36.9. The molecule has 8 heteroatoms. The maximum atomic E-state index is 15.0. The van der Waals surface area contributed by atoms with Gasteiger partial charge in [0, 0.05) is 21.5 Å². The SMILES string of the molecule is [C-]#[N+]c1cccc(-c2ccc3c(c2)c2ccccc2n3-c2cc(-c3c(C)cccc3C(F)(F)F)cc(-n3c4ccccc4c4cc(-c5cccc(C#N)c5)ccc43)c2C#N)c1. The van der Waals surface area contributed by atoms with E-state index < -0.39 is 11.7 Å². The molecule has 2 heterocycles. The topological polar surface area (TPSA) is 61.8 Å². The summed E-state index contributed by atoms with van der Waals surface area (Å²) >= 11 is 0. The molecule has 10 aromatic rings. The Labute approximate surface area is 348 Å². The van der Waals surface area contributed by atoms with E-state index in [0.717, 1.165) is 71.9 Å². The maximum Gasteiger partial charge on any atom is 0.417 e. The van der Waals surface area contributed by atoms with Gasteiger partial charge in [-0.1, -0.05) is 91.0 Å². The van der Waals surface area contributed by atoms with E-state index in [9.17, 15) is 23.7 Å². The second-order valence-electron chi connectivity index (χ2n) is 15.0. The van der Waals surface area contributed by atoms with Gasteiger partial charge < -0.3 is 9.13 Å². The highest BCUT2D eigenvalue weighted by Gasteiger charge is 2.35. The quantitative estimate of drug-likeness (QED) is 0.163. The molecule has 10 rings (SSSR count). The fraction of sp³-hybridized carbons (Fsp3) is 0.0377. The highest BCUT2D eigenvalue weighted by molar-refractivity contribution is 6.12. The van der Waals surface area contributed by atoms with Crippen molar-refractivity contribution in [3.63, 3.8) is 0 Å². The van der Waals surface area contributed by atoms with Crippen LogP contribution < -0.4 is 0 Å². The highest BCUT2D eigenvalue weighted by Crippen LogP contribution is 2.45. The van der Waals surface area contributed by atoms with Crippen molar-refractivity contribution in [1.82, 2.24) is 9.13 Å². The van der Waals surface area contributed by atoms with E-state index in [4.69, 9.17) is 6.57 Å². The zero-order valence-corrected chi connectivity index (χ0v) is 32.5. The van der Waals surface area contributed by atoms with E-state index in [0.29, 0.717) is 33.8 Å². The van der Waals surface area contributed by atoms with Crippen LogP contribution in [0.15, 0.2) is 164 Å². The number of hydrogen-bond acceptors (Lipinski definition) is 2. The number of rotatable bonds is 5. The third-order valence-electron chi connectivity index (χ3n) is 11.5. The maximum absolute atomic E-state index is 15.0. The molecule has 0 atom stereocenters. The third kappa shape index (κ3) is 5.99. The van der Waals surface area contributed by atoms with Gasteiger partial charge in [-0.2, -0.15) is 23.7 Å². The summed E-state index contributed by atoms with van der Waals surface area (Å²) in [4.78, 5) is 3.62. The first-order chi connectivity index (χ1) is 29.7. The molecule has 61 heavy (non-hydrogen) atoms. The predicted octanol–water partition coefficient (Wildman–Crippen LogP) is 14.5. The van der Waals surface area contributed by atoms with Crippen molar-refractivity contribution in [2.75, 3.05) is 0 Å². The van der Waals surface area contributed by atoms with Gasteiger partial charge in [0.2, 0.25) is 0 Å². The number of aryl methyl sites for hydroxylation is 1. The van der Waals surface area contributed by atoms with Crippen molar-refractivity contribution in [3.8, 4) is 56.9 Å². The van der Waals surface area contributed by atoms with E-state index in [-0.39, 0.29) is 11.1 Å². The summed E-state index contributed by atoms with van der Waals surface area (Å²) in [5, 5.41) is 24.5. The van der Waals surface area contributed by atoms with Crippen LogP contribution in [0.2, 0.25) is 0 Å². The second-order valence-corrected chi connectivity index (χ2v) is 15.0. The Balaban J connectivity index is 1.32. The van der Waals surface area contributed by atoms with Crippen molar-refractivity contribution in [2.24, 2.45) is 0 Å². The standard InChI is InChI=1S/C53H30F3N5/c1-32-10-7-17-45(53(54,55)56)52(32)38-28-50(60-46-18-5-3-15-40(46)42-26-36(20-22-48(42)60)34-12-8-11-33(24-34)30-57)44(31-58)51(29-38)61-47-19-6-4-16-41(47)43-27-37(21-23-49(43)61)35-13-9-14-39(25-35)59-2/h3-29H,1H3. The van der Waals surface area contributed by atoms with Gasteiger partial charge in [-0.25, -0.2) is 4.85 Å². The molecular formula is C53H30F3N5. The minimum absolute atomic E-state index is 0.0326. The minimum atomic E-state index is -4.66. The van der Waals surface area contributed by atoms with Gasteiger partial charge in [0.25, 0.3) is 0 Å². The van der Waals surface area contributed by atoms with Crippen molar-refractivity contribution < 1.29 is 13.2 Å². The molecule has 0 spiro atoms. The second kappa shape index (κ2) is 14.2. The number of nitrogens with zero attached hydrogens (tertiary/aromatic N) is 5. The average molecular weight is 794 g/mol. The van der Waals surface area contributed by atoms with E-state index in [1.54, 1.807) is 37.3 Å². The molecule has 0 fully saturated rings. The van der Waals surface area contributed by atoms with Crippen molar-refractivity contribution in [2.45, 2.75) is 13.1 Å². The number of alkyl halides is 3. The smallest absolute Gasteiger partial charge is 0.308 e. The van der Waals surface area contributed by atoms with Gasteiger partial charge in [0.15, 0.2) is 5.69 Å². The van der Waals surface area contributed by atoms with E-state index >= 15 is 0 Å². The van der Waals surface area contributed by atoms with Crippen molar-refractivity contribution >= 4 is 49.3 Å². The molecule has 0 aliphatic heterocycles. The molecule has 5 nitrogen and oxygen atoms in total. The average Bonchev–Trinajstić information content (AvgIpc) is 3.80. The third-order valence-corrected chi connectivity index (χ3v) is 11.5. The van der Waals surface area contributed by atoms with Crippen LogP contribution in [0.5, 0.6) is 0 Å². The summed E-state index contributed by atoms with van der Waals surface area (Å²) < 4.78 is 48.9. The molecule has 0 radical (unpaired) electrons. The van der Waals surface area contributed by atoms with Crippen LogP contribution in [0.25, 0.3) is 93.2 Å². The van der Waals surface area contributed by atoms with Crippen LogP contribution >= 0.6 is 0 Å². The fourth-order valence-electron chi connectivity index (χ4n) is 8.86. The van der Waals surface area contributed by atoms with Gasteiger partial charge in [-0.15, -0.1) is 0 Å². The molecule has 0 saturated carbocycles. The molecule has 0 aliphatic rings. The molecule has 0 N–H and O–H groups in total. The Bertz CT molecular complexity index is 3390.